The maximum Gasteiger partial charge on any atom is 0.328 e. The summed E-state index contributed by atoms with van der Waals surface area (Å²) in [5, 5.41) is 17.7. The molecule has 2 aliphatic heterocycles. The number of hydrogen-bond donors (Lipinski definition) is 4. The van der Waals surface area contributed by atoms with Crippen molar-refractivity contribution < 1.29 is 23.3 Å². The number of halogens is 1. The number of amides is 4. The Morgan fingerprint density at radius 2 is 1.67 bits per heavy atom. The Bertz CT molecular complexity index is 2300. The minimum atomic E-state index is -0.611. The van der Waals surface area contributed by atoms with Crippen molar-refractivity contribution in [2.75, 3.05) is 54.8 Å². The Morgan fingerprint density at radius 1 is 0.947 bits per heavy atom. The number of pyridine rings is 1. The number of hydrogen-bond acceptors (Lipinski definition) is 11. The van der Waals surface area contributed by atoms with Gasteiger partial charge in [-0.1, -0.05) is 62.3 Å². The molecule has 0 aliphatic carbocycles. The van der Waals surface area contributed by atoms with Crippen molar-refractivity contribution in [1.82, 2.24) is 30.7 Å². The fraction of sp³-hybridized carbons (Fsp3) is 0.310. The number of carbonyl (C=O) groups excluding carboxylic acids is 3. The Labute approximate surface area is 329 Å². The van der Waals surface area contributed by atoms with E-state index in [9.17, 15) is 14.4 Å². The van der Waals surface area contributed by atoms with E-state index in [1.54, 1.807) is 23.2 Å². The number of urea groups is 1. The molecule has 14 nitrogen and oxygen atoms in total. The van der Waals surface area contributed by atoms with Gasteiger partial charge in [0.25, 0.3) is 0 Å². The molecule has 3 aromatic carbocycles. The van der Waals surface area contributed by atoms with Crippen LogP contribution in [0.4, 0.5) is 26.4 Å². The van der Waals surface area contributed by atoms with E-state index in [4.69, 9.17) is 15.7 Å². The number of nitrogens with two attached hydrogens (primary N) is 1. The van der Waals surface area contributed by atoms with E-state index in [1.165, 1.54) is 17.7 Å². The molecule has 5 aromatic rings. The molecule has 0 unspecified atom stereocenters. The molecule has 4 amide bonds. The molecule has 0 bridgehead atoms. The molecule has 0 saturated carbocycles. The summed E-state index contributed by atoms with van der Waals surface area (Å²) in [5.74, 6) is -1.09. The van der Waals surface area contributed by atoms with Crippen molar-refractivity contribution in [1.29, 1.82) is 5.41 Å². The number of anilines is 3. The lowest BCUT2D eigenvalue weighted by molar-refractivity contribution is -0.120. The van der Waals surface area contributed by atoms with Crippen LogP contribution in [0.3, 0.4) is 0 Å². The molecule has 5 N–H and O–H groups in total. The van der Waals surface area contributed by atoms with Gasteiger partial charge in [-0.2, -0.15) is 4.98 Å². The van der Waals surface area contributed by atoms with Crippen molar-refractivity contribution in [3.8, 4) is 11.1 Å². The first kappa shape index (κ1) is 38.8. The van der Waals surface area contributed by atoms with E-state index in [0.29, 0.717) is 29.9 Å². The van der Waals surface area contributed by atoms with E-state index in [-0.39, 0.29) is 41.5 Å². The maximum absolute atomic E-state index is 15.2. The maximum atomic E-state index is 15.2. The second kappa shape index (κ2) is 16.3. The van der Waals surface area contributed by atoms with Gasteiger partial charge in [-0.3, -0.25) is 30.1 Å². The van der Waals surface area contributed by atoms with E-state index in [1.807, 2.05) is 57.2 Å². The molecule has 15 heteroatoms. The summed E-state index contributed by atoms with van der Waals surface area (Å²) in [6.07, 6.45) is 2.87. The summed E-state index contributed by atoms with van der Waals surface area (Å²) in [6.45, 7) is 10.6. The molecule has 0 spiro atoms. The van der Waals surface area contributed by atoms with Crippen LogP contribution in [0.25, 0.3) is 11.1 Å². The summed E-state index contributed by atoms with van der Waals surface area (Å²) in [4.78, 5) is 51.1. The molecule has 0 atom stereocenters. The minimum Gasteiger partial charge on any atom is -0.383 e. The monoisotopic (exact) mass is 772 g/mol. The minimum absolute atomic E-state index is 0.0219. The second-order valence-corrected chi connectivity index (χ2v) is 15.2. The van der Waals surface area contributed by atoms with Crippen LogP contribution in [-0.2, 0) is 23.2 Å². The molecule has 4 heterocycles. The van der Waals surface area contributed by atoms with Crippen LogP contribution in [0.15, 0.2) is 83.5 Å². The molecular formula is C42H45FN10O4. The number of nitrogen functional groups attached to an aromatic ring is 1. The predicted octanol–water partition coefficient (Wildman–Crippen LogP) is 5.31. The van der Waals surface area contributed by atoms with E-state index >= 15 is 4.39 Å². The van der Waals surface area contributed by atoms with E-state index in [2.05, 4.69) is 47.7 Å². The highest BCUT2D eigenvalue weighted by molar-refractivity contribution is 6.14. The zero-order valence-electron chi connectivity index (χ0n) is 32.1. The smallest absolute Gasteiger partial charge is 0.328 e. The van der Waals surface area contributed by atoms with Gasteiger partial charge >= 0.3 is 17.8 Å². The Balaban J connectivity index is 0.912. The Morgan fingerprint density at radius 3 is 2.33 bits per heavy atom. The van der Waals surface area contributed by atoms with Crippen molar-refractivity contribution in [2.24, 2.45) is 0 Å². The van der Waals surface area contributed by atoms with Crippen molar-refractivity contribution in [2.45, 2.75) is 45.6 Å². The number of piperazine rings is 1. The Kier molecular flexibility index (Phi) is 11.1. The molecule has 294 valence electrons. The van der Waals surface area contributed by atoms with Crippen molar-refractivity contribution >= 4 is 40.7 Å². The SMILES string of the molecule is CC(C)(C)c1noc(C(=O)NCc2ccc(C(=N)c3cc(-c4ccc(N5CCN(CCc6ccc(N7CCC(=O)NC7=O)cc6)CC5)cc4)cnc3N)cc2F)n1. The van der Waals surface area contributed by atoms with Crippen molar-refractivity contribution in [3.05, 3.63) is 119 Å². The zero-order valence-corrected chi connectivity index (χ0v) is 32.1. The normalized spacial score (nSPS) is 15.1. The highest BCUT2D eigenvalue weighted by Gasteiger charge is 2.26. The second-order valence-electron chi connectivity index (χ2n) is 15.2. The fourth-order valence-corrected chi connectivity index (χ4v) is 6.74. The van der Waals surface area contributed by atoms with E-state index in [0.717, 1.165) is 61.6 Å². The number of nitrogens with one attached hydrogen (secondary N) is 3. The lowest BCUT2D eigenvalue weighted by Crippen LogP contribution is -2.49. The number of imide groups is 1. The van der Waals surface area contributed by atoms with Gasteiger partial charge < -0.3 is 20.5 Å². The van der Waals surface area contributed by atoms with Crippen LogP contribution in [0.2, 0.25) is 0 Å². The quantitative estimate of drug-likeness (QED) is 0.128. The van der Waals surface area contributed by atoms with Gasteiger partial charge in [-0.25, -0.2) is 14.2 Å². The first-order chi connectivity index (χ1) is 27.3. The molecule has 2 aliphatic rings. The number of aromatic nitrogens is 3. The standard InChI is InChI=1S/C42H45FN10O4/c1-42(2,3)40-49-39(57-50-40)38(55)47-24-29-7-6-28(23-34(29)43)36(44)33-22-30(25-46-37(33)45)27-8-12-31(13-9-27)52-20-18-51(19-21-52)16-14-26-4-10-32(11-5-26)53-17-15-35(54)48-41(53)56/h4-13,22-23,25,44H,14-21,24H2,1-3H3,(H2,45,46)(H,47,55)(H,48,54,56). The molecule has 57 heavy (non-hydrogen) atoms. The topological polar surface area (TPSA) is 187 Å². The molecule has 0 radical (unpaired) electrons. The van der Waals surface area contributed by atoms with E-state index < -0.39 is 17.1 Å². The third kappa shape index (κ3) is 8.99. The van der Waals surface area contributed by atoms with Gasteiger partial charge in [0, 0.05) is 97.5 Å². The predicted molar refractivity (Wildman–Crippen MR) is 215 cm³/mol. The number of carbonyl (C=O) groups is 3. The summed E-state index contributed by atoms with van der Waals surface area (Å²) in [6, 6.07) is 22.0. The third-order valence-electron chi connectivity index (χ3n) is 10.2. The van der Waals surface area contributed by atoms with Crippen LogP contribution in [-0.4, -0.2) is 82.9 Å². The van der Waals surface area contributed by atoms with Gasteiger partial charge in [0.1, 0.15) is 11.6 Å². The summed E-state index contributed by atoms with van der Waals surface area (Å²) >= 11 is 0. The van der Waals surface area contributed by atoms with Gasteiger partial charge in [0.2, 0.25) is 5.91 Å². The van der Waals surface area contributed by atoms with Gasteiger partial charge in [-0.05, 0) is 53.9 Å². The fourth-order valence-electron chi connectivity index (χ4n) is 6.74. The highest BCUT2D eigenvalue weighted by atomic mass is 19.1. The van der Waals surface area contributed by atoms with Crippen LogP contribution in [0, 0.1) is 11.2 Å². The van der Waals surface area contributed by atoms with Gasteiger partial charge in [0.05, 0.1) is 5.71 Å². The summed E-state index contributed by atoms with van der Waals surface area (Å²) < 4.78 is 20.3. The number of benzene rings is 3. The van der Waals surface area contributed by atoms with Crippen LogP contribution in [0.1, 0.15) is 66.0 Å². The number of nitrogens with zero attached hydrogens (tertiary/aromatic N) is 6. The lowest BCUT2D eigenvalue weighted by Gasteiger charge is -2.36. The summed E-state index contributed by atoms with van der Waals surface area (Å²) in [7, 11) is 0. The molecule has 2 aromatic heterocycles. The van der Waals surface area contributed by atoms with Gasteiger partial charge in [-0.15, -0.1) is 0 Å². The molecule has 7 rings (SSSR count). The third-order valence-corrected chi connectivity index (χ3v) is 10.2. The molecule has 2 saturated heterocycles. The van der Waals surface area contributed by atoms with Crippen molar-refractivity contribution in [3.63, 3.8) is 0 Å². The summed E-state index contributed by atoms with van der Waals surface area (Å²) in [5.41, 5.74) is 11.6. The first-order valence-corrected chi connectivity index (χ1v) is 18.9. The van der Waals surface area contributed by atoms with Crippen LogP contribution < -0.4 is 26.2 Å². The molecular weight excluding hydrogens is 728 g/mol. The molecule has 2 fully saturated rings. The Hall–Kier alpha value is -6.48. The van der Waals surface area contributed by atoms with Crippen LogP contribution in [0.5, 0.6) is 0 Å². The first-order valence-electron chi connectivity index (χ1n) is 18.9. The lowest BCUT2D eigenvalue weighted by atomic mass is 9.96. The average Bonchev–Trinajstić information content (AvgIpc) is 3.72. The highest BCUT2D eigenvalue weighted by Crippen LogP contribution is 2.28. The largest absolute Gasteiger partial charge is 0.383 e. The average molecular weight is 773 g/mol. The van der Waals surface area contributed by atoms with Crippen LogP contribution >= 0.6 is 0 Å². The zero-order chi connectivity index (χ0) is 40.3. The van der Waals surface area contributed by atoms with Gasteiger partial charge in [0.15, 0.2) is 5.82 Å². The number of rotatable bonds is 11.